The van der Waals surface area contributed by atoms with Gasteiger partial charge in [-0.15, -0.1) is 0 Å². The van der Waals surface area contributed by atoms with E-state index in [1.54, 1.807) is 49.1 Å². The second-order valence-corrected chi connectivity index (χ2v) is 12.9. The smallest absolute Gasteiger partial charge is 0.231 e. The van der Waals surface area contributed by atoms with Crippen LogP contribution in [-0.4, -0.2) is 54.1 Å². The van der Waals surface area contributed by atoms with Crippen LogP contribution in [0.4, 0.5) is 43.7 Å². The number of carbonyl (C=O) groups excluding carboxylic acids is 2. The van der Waals surface area contributed by atoms with Crippen molar-refractivity contribution >= 4 is 68.3 Å². The van der Waals surface area contributed by atoms with E-state index in [2.05, 4.69) is 40.5 Å². The first-order valence-corrected chi connectivity index (χ1v) is 16.3. The molecule has 2 fully saturated rings. The lowest BCUT2D eigenvalue weighted by Crippen LogP contribution is -2.15. The molecule has 0 saturated heterocycles. The number of nitrogens with zero attached hydrogens (tertiary/aromatic N) is 6. The predicted molar refractivity (Wildman–Crippen MR) is 196 cm³/mol. The number of aryl methyl sites for hydroxylation is 2. The summed E-state index contributed by atoms with van der Waals surface area (Å²) in [6.07, 6.45) is 4.82. The van der Waals surface area contributed by atoms with Crippen molar-refractivity contribution in [3.05, 3.63) is 72.3 Å². The third-order valence-corrected chi connectivity index (χ3v) is 8.91. The summed E-state index contributed by atoms with van der Waals surface area (Å²) < 4.78 is 26.0. The first-order chi connectivity index (χ1) is 24.8. The first-order valence-electron chi connectivity index (χ1n) is 16.3. The summed E-state index contributed by atoms with van der Waals surface area (Å²) >= 11 is 0. The number of fused-ring (bicyclic) bond motifs is 2. The zero-order valence-electron chi connectivity index (χ0n) is 28.1. The highest BCUT2D eigenvalue weighted by molar-refractivity contribution is 6.00. The average Bonchev–Trinajstić information content (AvgIpc) is 4.01. The highest BCUT2D eigenvalue weighted by Crippen LogP contribution is 2.36. The molecule has 0 aliphatic heterocycles. The van der Waals surface area contributed by atoms with Gasteiger partial charge in [0.15, 0.2) is 0 Å². The Morgan fingerprint density at radius 3 is 1.35 bits per heavy atom. The fraction of sp³-hybridized carbons (Fsp3) is 0.222. The van der Waals surface area contributed by atoms with Crippen LogP contribution in [0.5, 0.6) is 0 Å². The summed E-state index contributed by atoms with van der Waals surface area (Å²) in [5.41, 5.74) is 28.3. The number of carbonyl (C=O) groups is 2. The van der Waals surface area contributed by atoms with E-state index in [1.165, 1.54) is 0 Å². The largest absolute Gasteiger partial charge is 0.384 e. The SMILES string of the molecule is Cc1cc(N)ncc1-c1cc2cc(NC(=O)[C@@H]3C[C@@H]3F)ncc2c(N)n1.Cc1cc(N)ncc1-c1cc2cc(NC(=O)[C@H]3C[C@H]3F)ncc2c(N)n1. The maximum absolute atomic E-state index is 13.0. The molecule has 0 bridgehead atoms. The summed E-state index contributed by atoms with van der Waals surface area (Å²) in [7, 11) is 0. The van der Waals surface area contributed by atoms with E-state index in [0.29, 0.717) is 57.1 Å². The van der Waals surface area contributed by atoms with Crippen LogP contribution in [0.15, 0.2) is 61.2 Å². The van der Waals surface area contributed by atoms with Crippen molar-refractivity contribution in [3.8, 4) is 22.5 Å². The van der Waals surface area contributed by atoms with Gasteiger partial charge in [-0.25, -0.2) is 38.7 Å². The topological polar surface area (TPSA) is 240 Å². The molecule has 0 spiro atoms. The average molecular weight is 705 g/mol. The number of hydrogen-bond acceptors (Lipinski definition) is 12. The number of nitrogens with two attached hydrogens (primary N) is 4. The van der Waals surface area contributed by atoms with Gasteiger partial charge in [0, 0.05) is 46.7 Å². The highest BCUT2D eigenvalue weighted by Gasteiger charge is 2.44. The first kappa shape index (κ1) is 33.9. The molecule has 0 aromatic carbocycles. The Bertz CT molecular complexity index is 2240. The molecule has 14 nitrogen and oxygen atoms in total. The molecule has 2 aliphatic rings. The molecule has 2 saturated carbocycles. The molecule has 6 aromatic heterocycles. The van der Waals surface area contributed by atoms with Gasteiger partial charge in [0.1, 0.15) is 47.3 Å². The Kier molecular flexibility index (Phi) is 8.65. The van der Waals surface area contributed by atoms with Crippen LogP contribution in [0.1, 0.15) is 24.0 Å². The number of hydrogen-bond donors (Lipinski definition) is 6. The van der Waals surface area contributed by atoms with Crippen LogP contribution in [0, 0.1) is 25.7 Å². The monoisotopic (exact) mass is 704 g/mol. The van der Waals surface area contributed by atoms with Crippen LogP contribution in [0.3, 0.4) is 0 Å². The van der Waals surface area contributed by atoms with Crippen molar-refractivity contribution in [2.45, 2.75) is 39.0 Å². The van der Waals surface area contributed by atoms with Crippen LogP contribution < -0.4 is 33.6 Å². The summed E-state index contributed by atoms with van der Waals surface area (Å²) in [5, 5.41) is 8.16. The van der Waals surface area contributed by atoms with Gasteiger partial charge >= 0.3 is 0 Å². The Balaban J connectivity index is 0.000000162. The maximum Gasteiger partial charge on any atom is 0.231 e. The quantitative estimate of drug-likeness (QED) is 0.135. The van der Waals surface area contributed by atoms with Gasteiger partial charge in [0.25, 0.3) is 0 Å². The minimum Gasteiger partial charge on any atom is -0.384 e. The number of pyridine rings is 6. The van der Waals surface area contributed by atoms with Gasteiger partial charge in [0.05, 0.1) is 23.2 Å². The van der Waals surface area contributed by atoms with E-state index in [0.717, 1.165) is 33.0 Å². The summed E-state index contributed by atoms with van der Waals surface area (Å²) in [6, 6.07) is 10.6. The molecule has 52 heavy (non-hydrogen) atoms. The van der Waals surface area contributed by atoms with Crippen molar-refractivity contribution in [3.63, 3.8) is 0 Å². The lowest BCUT2D eigenvalue weighted by atomic mass is 10.1. The Morgan fingerprint density at radius 2 is 1.00 bits per heavy atom. The third-order valence-electron chi connectivity index (χ3n) is 8.91. The van der Waals surface area contributed by atoms with Crippen LogP contribution in [0.2, 0.25) is 0 Å². The summed E-state index contributed by atoms with van der Waals surface area (Å²) in [5.74, 6) is 0.352. The predicted octanol–water partition coefficient (Wildman–Crippen LogP) is 4.92. The molecule has 264 valence electrons. The van der Waals surface area contributed by atoms with Crippen molar-refractivity contribution in [1.82, 2.24) is 29.9 Å². The summed E-state index contributed by atoms with van der Waals surface area (Å²) in [4.78, 5) is 49.2. The Hall–Kier alpha value is -6.58. The number of halogens is 2. The van der Waals surface area contributed by atoms with E-state index in [1.807, 2.05) is 26.0 Å². The Morgan fingerprint density at radius 1 is 0.615 bits per heavy atom. The molecule has 8 rings (SSSR count). The molecule has 6 heterocycles. The number of rotatable bonds is 6. The molecule has 6 aromatic rings. The van der Waals surface area contributed by atoms with Crippen LogP contribution >= 0.6 is 0 Å². The minimum atomic E-state index is -1.05. The van der Waals surface area contributed by atoms with Crippen LogP contribution in [0.25, 0.3) is 44.1 Å². The molecule has 0 unspecified atom stereocenters. The number of nitrogen functional groups attached to an aromatic ring is 4. The zero-order valence-corrected chi connectivity index (χ0v) is 28.1. The second-order valence-electron chi connectivity index (χ2n) is 12.9. The number of anilines is 6. The van der Waals surface area contributed by atoms with E-state index >= 15 is 0 Å². The van der Waals surface area contributed by atoms with Gasteiger partial charge in [-0.3, -0.25) is 9.59 Å². The lowest BCUT2D eigenvalue weighted by molar-refractivity contribution is -0.118. The van der Waals surface area contributed by atoms with E-state index in [4.69, 9.17) is 22.9 Å². The minimum absolute atomic E-state index is 0.268. The normalized spacial score (nSPS) is 18.7. The standard InChI is InChI=1S/2C18H17FN6O/c2*1-8-2-15(20)22-6-11(8)14-3-9-4-16(23-7-12(9)17(21)24-14)25-18(26)10-5-13(10)19/h2*2-4,6-7,10,13H,5H2,1H3,(H2,20,22)(H2,21,24)(H,23,25,26)/t2*10-,13+/m10/s1. The maximum atomic E-state index is 13.0. The lowest BCUT2D eigenvalue weighted by Gasteiger charge is -2.10. The highest BCUT2D eigenvalue weighted by atomic mass is 19.1. The van der Waals surface area contributed by atoms with Crippen molar-refractivity contribution in [2.75, 3.05) is 33.6 Å². The van der Waals surface area contributed by atoms with Gasteiger partial charge in [0.2, 0.25) is 11.8 Å². The van der Waals surface area contributed by atoms with Gasteiger partial charge in [-0.2, -0.15) is 0 Å². The fourth-order valence-electron chi connectivity index (χ4n) is 5.76. The number of nitrogens with one attached hydrogen (secondary N) is 2. The summed E-state index contributed by atoms with van der Waals surface area (Å²) in [6.45, 7) is 3.83. The molecular weight excluding hydrogens is 670 g/mol. The number of alkyl halides is 2. The Labute approximate surface area is 295 Å². The molecule has 10 N–H and O–H groups in total. The van der Waals surface area contributed by atoms with E-state index < -0.39 is 24.2 Å². The molecule has 4 atom stereocenters. The molecular formula is C36H34F2N12O2. The number of amides is 2. The van der Waals surface area contributed by atoms with Gasteiger partial charge < -0.3 is 33.6 Å². The molecule has 0 radical (unpaired) electrons. The molecule has 16 heteroatoms. The molecule has 2 aliphatic carbocycles. The van der Waals surface area contributed by atoms with Crippen molar-refractivity contribution < 1.29 is 18.4 Å². The van der Waals surface area contributed by atoms with Gasteiger partial charge in [-0.1, -0.05) is 0 Å². The third kappa shape index (κ3) is 7.03. The van der Waals surface area contributed by atoms with Crippen molar-refractivity contribution in [2.24, 2.45) is 11.8 Å². The van der Waals surface area contributed by atoms with E-state index in [9.17, 15) is 18.4 Å². The van der Waals surface area contributed by atoms with Crippen molar-refractivity contribution in [1.29, 1.82) is 0 Å². The molecule has 2 amide bonds. The number of aromatic nitrogens is 6. The van der Waals surface area contributed by atoms with Gasteiger partial charge in [-0.05, 0) is 85.0 Å². The zero-order chi connectivity index (χ0) is 36.8. The van der Waals surface area contributed by atoms with E-state index in [-0.39, 0.29) is 24.7 Å². The second kappa shape index (κ2) is 13.3. The van der Waals surface area contributed by atoms with Crippen LogP contribution in [-0.2, 0) is 9.59 Å². The fourth-order valence-corrected chi connectivity index (χ4v) is 5.76.